The summed E-state index contributed by atoms with van der Waals surface area (Å²) >= 11 is 0. The van der Waals surface area contributed by atoms with Gasteiger partial charge in [-0.15, -0.1) is 0 Å². The van der Waals surface area contributed by atoms with E-state index in [1.807, 2.05) is 97.1 Å². The van der Waals surface area contributed by atoms with Gasteiger partial charge in [0.2, 0.25) is 0 Å². The minimum Gasteiger partial charge on any atom is -0.457 e. The van der Waals surface area contributed by atoms with Gasteiger partial charge in [0, 0.05) is 34.1 Å². The zero-order valence-corrected chi connectivity index (χ0v) is 25.2. The first-order chi connectivity index (χ1) is 22.8. The van der Waals surface area contributed by atoms with Crippen molar-refractivity contribution in [2.24, 2.45) is 0 Å². The van der Waals surface area contributed by atoms with Crippen molar-refractivity contribution >= 4 is 34.1 Å². The molecule has 0 aliphatic rings. The van der Waals surface area contributed by atoms with E-state index in [0.29, 0.717) is 0 Å². The standard InChI is InChI=1S/C42H32N2O2/c1-5-13-33(14-6-1)43(37-25-29-41(30-26-37)45-39-17-9-3-10-18-39)35-21-23-36(24-22-35)44(34-15-7-2-8-16-34)38-27-31-42(32-28-38)46-40-19-11-4-12-20-40/h1-32H. The van der Waals surface area contributed by atoms with Gasteiger partial charge in [-0.2, -0.15) is 0 Å². The van der Waals surface area contributed by atoms with E-state index in [1.165, 1.54) is 0 Å². The van der Waals surface area contributed by atoms with Crippen LogP contribution >= 0.6 is 0 Å². The lowest BCUT2D eigenvalue weighted by Crippen LogP contribution is -2.12. The zero-order chi connectivity index (χ0) is 31.0. The van der Waals surface area contributed by atoms with Crippen LogP contribution in [0.25, 0.3) is 0 Å². The lowest BCUT2D eigenvalue weighted by Gasteiger charge is -2.28. The minimum atomic E-state index is 0.789. The summed E-state index contributed by atoms with van der Waals surface area (Å²) in [5, 5.41) is 0. The minimum absolute atomic E-state index is 0.789. The number of hydrogen-bond donors (Lipinski definition) is 0. The number of anilines is 6. The Bertz CT molecular complexity index is 1800. The molecule has 0 aromatic heterocycles. The van der Waals surface area contributed by atoms with Gasteiger partial charge < -0.3 is 19.3 Å². The van der Waals surface area contributed by atoms with Crippen LogP contribution in [0.1, 0.15) is 0 Å². The molecule has 0 unspecified atom stereocenters. The summed E-state index contributed by atoms with van der Waals surface area (Å²) in [7, 11) is 0. The van der Waals surface area contributed by atoms with Crippen molar-refractivity contribution in [3.05, 3.63) is 194 Å². The van der Waals surface area contributed by atoms with E-state index in [0.717, 1.165) is 57.1 Å². The fraction of sp³-hybridized carbons (Fsp3) is 0. The van der Waals surface area contributed by atoms with Crippen molar-refractivity contribution < 1.29 is 9.47 Å². The van der Waals surface area contributed by atoms with Gasteiger partial charge in [-0.1, -0.05) is 72.8 Å². The third kappa shape index (κ3) is 6.62. The molecule has 0 aliphatic carbocycles. The molecule has 0 fully saturated rings. The first-order valence-corrected chi connectivity index (χ1v) is 15.3. The van der Waals surface area contributed by atoms with E-state index in [-0.39, 0.29) is 0 Å². The van der Waals surface area contributed by atoms with Crippen LogP contribution in [-0.4, -0.2) is 0 Å². The summed E-state index contributed by atoms with van der Waals surface area (Å²) in [5.41, 5.74) is 6.31. The summed E-state index contributed by atoms with van der Waals surface area (Å²) in [6.45, 7) is 0. The number of hydrogen-bond acceptors (Lipinski definition) is 4. The molecule has 7 aromatic carbocycles. The summed E-state index contributed by atoms with van der Waals surface area (Å²) in [6.07, 6.45) is 0. The van der Waals surface area contributed by atoms with Crippen LogP contribution in [0.5, 0.6) is 23.0 Å². The van der Waals surface area contributed by atoms with Crippen molar-refractivity contribution in [3.63, 3.8) is 0 Å². The molecule has 0 atom stereocenters. The lowest BCUT2D eigenvalue weighted by atomic mass is 10.1. The van der Waals surface area contributed by atoms with Gasteiger partial charge in [0.15, 0.2) is 0 Å². The first kappa shape index (κ1) is 28.5. The highest BCUT2D eigenvalue weighted by Gasteiger charge is 2.16. The van der Waals surface area contributed by atoms with Crippen LogP contribution in [0, 0.1) is 0 Å². The second-order valence-corrected chi connectivity index (χ2v) is 10.7. The zero-order valence-electron chi connectivity index (χ0n) is 25.2. The van der Waals surface area contributed by atoms with Crippen LogP contribution < -0.4 is 19.3 Å². The normalized spacial score (nSPS) is 10.6. The molecule has 0 amide bonds. The Morgan fingerprint density at radius 3 is 0.739 bits per heavy atom. The third-order valence-corrected chi connectivity index (χ3v) is 7.54. The Morgan fingerprint density at radius 1 is 0.217 bits per heavy atom. The number of ether oxygens (including phenoxy) is 2. The van der Waals surface area contributed by atoms with Crippen LogP contribution in [-0.2, 0) is 0 Å². The van der Waals surface area contributed by atoms with E-state index < -0.39 is 0 Å². The molecule has 0 spiro atoms. The Balaban J connectivity index is 1.19. The van der Waals surface area contributed by atoms with Gasteiger partial charge in [0.1, 0.15) is 23.0 Å². The van der Waals surface area contributed by atoms with E-state index in [2.05, 4.69) is 107 Å². The Kier molecular flexibility index (Phi) is 8.42. The molecule has 222 valence electrons. The number of rotatable bonds is 10. The van der Waals surface area contributed by atoms with E-state index in [4.69, 9.17) is 9.47 Å². The maximum atomic E-state index is 6.06. The Labute approximate surface area is 270 Å². The van der Waals surface area contributed by atoms with Gasteiger partial charge in [-0.05, 0) is 121 Å². The topological polar surface area (TPSA) is 24.9 Å². The van der Waals surface area contributed by atoms with Crippen LogP contribution in [0.4, 0.5) is 34.1 Å². The molecule has 0 bridgehead atoms. The maximum Gasteiger partial charge on any atom is 0.127 e. The quantitative estimate of drug-likeness (QED) is 0.157. The summed E-state index contributed by atoms with van der Waals surface area (Å²) in [5.74, 6) is 3.20. The third-order valence-electron chi connectivity index (χ3n) is 7.54. The molecule has 4 heteroatoms. The highest BCUT2D eigenvalue weighted by Crippen LogP contribution is 2.40. The second kappa shape index (κ2) is 13.6. The van der Waals surface area contributed by atoms with Crippen LogP contribution in [0.2, 0.25) is 0 Å². The molecule has 46 heavy (non-hydrogen) atoms. The largest absolute Gasteiger partial charge is 0.457 e. The van der Waals surface area contributed by atoms with Crippen LogP contribution in [0.3, 0.4) is 0 Å². The fourth-order valence-corrected chi connectivity index (χ4v) is 5.38. The molecule has 0 saturated carbocycles. The highest BCUT2D eigenvalue weighted by molar-refractivity contribution is 5.81. The average molecular weight is 597 g/mol. The Morgan fingerprint density at radius 2 is 0.435 bits per heavy atom. The molecule has 4 nitrogen and oxygen atoms in total. The first-order valence-electron chi connectivity index (χ1n) is 15.3. The number of para-hydroxylation sites is 4. The average Bonchev–Trinajstić information content (AvgIpc) is 3.12. The van der Waals surface area contributed by atoms with E-state index >= 15 is 0 Å². The van der Waals surface area contributed by atoms with Crippen molar-refractivity contribution in [3.8, 4) is 23.0 Å². The summed E-state index contributed by atoms with van der Waals surface area (Å²) in [6, 6.07) is 65.5. The second-order valence-electron chi connectivity index (χ2n) is 10.7. The smallest absolute Gasteiger partial charge is 0.127 e. The van der Waals surface area contributed by atoms with Crippen LogP contribution in [0.15, 0.2) is 194 Å². The monoisotopic (exact) mass is 596 g/mol. The highest BCUT2D eigenvalue weighted by atomic mass is 16.5. The molecular weight excluding hydrogens is 564 g/mol. The van der Waals surface area contributed by atoms with Crippen molar-refractivity contribution in [1.29, 1.82) is 0 Å². The van der Waals surface area contributed by atoms with Crippen molar-refractivity contribution in [1.82, 2.24) is 0 Å². The van der Waals surface area contributed by atoms with Gasteiger partial charge in [-0.3, -0.25) is 0 Å². The lowest BCUT2D eigenvalue weighted by molar-refractivity contribution is 0.482. The van der Waals surface area contributed by atoms with Gasteiger partial charge in [0.05, 0.1) is 0 Å². The molecule has 7 rings (SSSR count). The van der Waals surface area contributed by atoms with Gasteiger partial charge >= 0.3 is 0 Å². The van der Waals surface area contributed by atoms with Crippen molar-refractivity contribution in [2.45, 2.75) is 0 Å². The maximum absolute atomic E-state index is 6.06. The van der Waals surface area contributed by atoms with Crippen molar-refractivity contribution in [2.75, 3.05) is 9.80 Å². The predicted octanol–water partition coefficient (Wildman–Crippen LogP) is 12.2. The number of nitrogens with zero attached hydrogens (tertiary/aromatic N) is 2. The molecule has 0 saturated heterocycles. The van der Waals surface area contributed by atoms with Gasteiger partial charge in [-0.25, -0.2) is 0 Å². The van der Waals surface area contributed by atoms with E-state index in [1.54, 1.807) is 0 Å². The molecular formula is C42H32N2O2. The molecule has 0 radical (unpaired) electrons. The summed E-state index contributed by atoms with van der Waals surface area (Å²) < 4.78 is 12.1. The van der Waals surface area contributed by atoms with Gasteiger partial charge in [0.25, 0.3) is 0 Å². The summed E-state index contributed by atoms with van der Waals surface area (Å²) in [4.78, 5) is 4.50. The fourth-order valence-electron chi connectivity index (χ4n) is 5.38. The molecule has 0 heterocycles. The SMILES string of the molecule is c1ccc(Oc2ccc(N(c3ccccc3)c3ccc(N(c4ccccc4)c4ccc(Oc5ccccc5)cc4)cc3)cc2)cc1. The Hall–Kier alpha value is -6.26. The molecule has 0 N–H and O–H groups in total. The molecule has 7 aromatic rings. The molecule has 0 aliphatic heterocycles. The predicted molar refractivity (Wildman–Crippen MR) is 189 cm³/mol. The number of benzene rings is 7. The van der Waals surface area contributed by atoms with E-state index in [9.17, 15) is 0 Å².